The van der Waals surface area contributed by atoms with Crippen molar-refractivity contribution in [2.45, 2.75) is 33.8 Å². The highest BCUT2D eigenvalue weighted by Gasteiger charge is 2.39. The summed E-state index contributed by atoms with van der Waals surface area (Å²) >= 11 is 0. The number of hydrogen-bond donors (Lipinski definition) is 0. The van der Waals surface area contributed by atoms with E-state index in [0.29, 0.717) is 13.2 Å². The van der Waals surface area contributed by atoms with E-state index in [1.165, 1.54) is 13.8 Å². The van der Waals surface area contributed by atoms with Crippen molar-refractivity contribution in [1.82, 2.24) is 0 Å². The van der Waals surface area contributed by atoms with Crippen LogP contribution in [0, 0.1) is 5.41 Å². The monoisotopic (exact) mass is 236 g/mol. The molecule has 1 fully saturated rings. The van der Waals surface area contributed by atoms with Gasteiger partial charge in [-0.2, -0.15) is 0 Å². The Labute approximate surface area is 89.7 Å². The molecule has 0 radical (unpaired) electrons. The quantitative estimate of drug-likeness (QED) is 0.702. The molecule has 1 aliphatic rings. The Morgan fingerprint density at radius 3 is 2.27 bits per heavy atom. The van der Waals surface area contributed by atoms with E-state index in [1.54, 1.807) is 0 Å². The third-order valence-electron chi connectivity index (χ3n) is 2.09. The Morgan fingerprint density at radius 1 is 1.40 bits per heavy atom. The van der Waals surface area contributed by atoms with Gasteiger partial charge >= 0.3 is 7.82 Å². The number of hydrogen-bond acceptors (Lipinski definition) is 5. The molecule has 5 nitrogen and oxygen atoms in total. The van der Waals surface area contributed by atoms with Crippen LogP contribution in [-0.2, 0) is 22.9 Å². The number of carbonyl (C=O) groups is 1. The minimum Gasteiger partial charge on any atom is -0.297 e. The zero-order chi connectivity index (χ0) is 11.7. The van der Waals surface area contributed by atoms with Gasteiger partial charge in [0.25, 0.3) is 0 Å². The molecule has 1 saturated heterocycles. The second kappa shape index (κ2) is 4.34. The van der Waals surface area contributed by atoms with E-state index in [-0.39, 0.29) is 11.2 Å². The van der Waals surface area contributed by atoms with Gasteiger partial charge in [0.15, 0.2) is 5.78 Å². The van der Waals surface area contributed by atoms with E-state index in [4.69, 9.17) is 13.6 Å². The van der Waals surface area contributed by atoms with Crippen LogP contribution in [0.5, 0.6) is 0 Å². The summed E-state index contributed by atoms with van der Waals surface area (Å²) in [5, 5.41) is 0. The Morgan fingerprint density at radius 2 is 1.87 bits per heavy atom. The van der Waals surface area contributed by atoms with Crippen LogP contribution in [0.15, 0.2) is 0 Å². The molecule has 1 atom stereocenters. The van der Waals surface area contributed by atoms with E-state index in [9.17, 15) is 9.36 Å². The first kappa shape index (κ1) is 12.8. The summed E-state index contributed by atoms with van der Waals surface area (Å²) in [6.07, 6.45) is -0.767. The second-order valence-corrected chi connectivity index (χ2v) is 6.14. The van der Waals surface area contributed by atoms with Crippen molar-refractivity contribution < 1.29 is 22.9 Å². The smallest absolute Gasteiger partial charge is 0.297 e. The molecule has 0 aliphatic carbocycles. The minimum absolute atomic E-state index is 0.170. The SMILES string of the molecule is CC(=O)C(C)OP1(=O)OCC(C)(C)CO1. The Balaban J connectivity index is 2.56. The highest BCUT2D eigenvalue weighted by molar-refractivity contribution is 7.48. The van der Waals surface area contributed by atoms with Crippen molar-refractivity contribution in [3.05, 3.63) is 0 Å². The lowest BCUT2D eigenvalue weighted by atomic mass is 9.97. The summed E-state index contributed by atoms with van der Waals surface area (Å²) in [4.78, 5) is 10.9. The lowest BCUT2D eigenvalue weighted by Gasteiger charge is -2.33. The largest absolute Gasteiger partial charge is 0.475 e. The zero-order valence-electron chi connectivity index (χ0n) is 9.48. The van der Waals surface area contributed by atoms with Crippen molar-refractivity contribution in [2.75, 3.05) is 13.2 Å². The number of ketones is 1. The van der Waals surface area contributed by atoms with Gasteiger partial charge in [-0.25, -0.2) is 4.57 Å². The fourth-order valence-corrected chi connectivity index (χ4v) is 2.66. The van der Waals surface area contributed by atoms with Crippen LogP contribution in [0.25, 0.3) is 0 Å². The highest BCUT2D eigenvalue weighted by Crippen LogP contribution is 2.55. The summed E-state index contributed by atoms with van der Waals surface area (Å²) in [6, 6.07) is 0. The Bertz CT molecular complexity index is 285. The second-order valence-electron chi connectivity index (χ2n) is 4.52. The van der Waals surface area contributed by atoms with Crippen molar-refractivity contribution in [3.63, 3.8) is 0 Å². The van der Waals surface area contributed by atoms with E-state index in [1.807, 2.05) is 13.8 Å². The number of carbonyl (C=O) groups excluding carboxylic acids is 1. The van der Waals surface area contributed by atoms with Gasteiger partial charge in [-0.1, -0.05) is 13.8 Å². The number of phosphoric acid groups is 1. The predicted octanol–water partition coefficient (Wildman–Crippen LogP) is 2.16. The van der Waals surface area contributed by atoms with E-state index < -0.39 is 13.9 Å². The number of rotatable bonds is 3. The number of phosphoric ester groups is 1. The van der Waals surface area contributed by atoms with Gasteiger partial charge in [-0.3, -0.25) is 18.4 Å². The molecule has 0 saturated carbocycles. The molecule has 1 heterocycles. The molecule has 0 N–H and O–H groups in total. The maximum atomic E-state index is 11.8. The fourth-order valence-electron chi connectivity index (χ4n) is 0.915. The average Bonchev–Trinajstić information content (AvgIpc) is 2.11. The van der Waals surface area contributed by atoms with Gasteiger partial charge in [-0.05, 0) is 13.8 Å². The summed E-state index contributed by atoms with van der Waals surface area (Å²) in [5.41, 5.74) is -0.170. The molecule has 88 valence electrons. The molecule has 1 aliphatic heterocycles. The lowest BCUT2D eigenvalue weighted by Crippen LogP contribution is -2.31. The zero-order valence-corrected chi connectivity index (χ0v) is 10.4. The molecule has 0 aromatic rings. The molecule has 0 amide bonds. The topological polar surface area (TPSA) is 61.8 Å². The maximum absolute atomic E-state index is 11.8. The lowest BCUT2D eigenvalue weighted by molar-refractivity contribution is -0.124. The van der Waals surface area contributed by atoms with Gasteiger partial charge < -0.3 is 0 Å². The van der Waals surface area contributed by atoms with Crippen molar-refractivity contribution >= 4 is 13.6 Å². The standard InChI is InChI=1S/C9H17O5P/c1-7(10)8(2)14-15(11)12-5-9(3,4)6-13-15/h8H,5-6H2,1-4H3. The summed E-state index contributed by atoms with van der Waals surface area (Å²) < 4.78 is 26.9. The minimum atomic E-state index is -3.52. The van der Waals surface area contributed by atoms with Crippen molar-refractivity contribution in [2.24, 2.45) is 5.41 Å². The van der Waals surface area contributed by atoms with Crippen LogP contribution in [0.1, 0.15) is 27.7 Å². The van der Waals surface area contributed by atoms with E-state index in [0.717, 1.165) is 0 Å². The van der Waals surface area contributed by atoms with Gasteiger partial charge in [0.2, 0.25) is 0 Å². The molecular formula is C9H17O5P. The van der Waals surface area contributed by atoms with E-state index >= 15 is 0 Å². The molecule has 15 heavy (non-hydrogen) atoms. The Kier molecular flexibility index (Phi) is 3.71. The van der Waals surface area contributed by atoms with Crippen LogP contribution in [0.3, 0.4) is 0 Å². The Hall–Kier alpha value is -0.220. The normalized spacial score (nSPS) is 25.9. The molecular weight excluding hydrogens is 219 g/mol. The molecule has 0 spiro atoms. The summed E-state index contributed by atoms with van der Waals surface area (Å²) in [7, 11) is -3.52. The first-order valence-corrected chi connectivity index (χ1v) is 6.28. The molecule has 1 rings (SSSR count). The first-order valence-electron chi connectivity index (χ1n) is 4.82. The summed E-state index contributed by atoms with van der Waals surface area (Å²) in [5.74, 6) is -0.206. The van der Waals surface area contributed by atoms with Gasteiger partial charge in [0.1, 0.15) is 6.10 Å². The van der Waals surface area contributed by atoms with Gasteiger partial charge in [-0.15, -0.1) is 0 Å². The average molecular weight is 236 g/mol. The van der Waals surface area contributed by atoms with Crippen molar-refractivity contribution in [1.29, 1.82) is 0 Å². The predicted molar refractivity (Wildman–Crippen MR) is 54.5 cm³/mol. The fraction of sp³-hybridized carbons (Fsp3) is 0.889. The third-order valence-corrected chi connectivity index (χ3v) is 3.55. The molecule has 1 unspecified atom stereocenters. The van der Waals surface area contributed by atoms with Crippen LogP contribution in [0.4, 0.5) is 0 Å². The highest BCUT2D eigenvalue weighted by atomic mass is 31.2. The van der Waals surface area contributed by atoms with Crippen LogP contribution < -0.4 is 0 Å². The number of Topliss-reactive ketones (excluding diaryl/α,β-unsaturated/α-hetero) is 1. The van der Waals surface area contributed by atoms with Crippen LogP contribution >= 0.6 is 7.82 Å². The van der Waals surface area contributed by atoms with Crippen molar-refractivity contribution in [3.8, 4) is 0 Å². The molecule has 0 aromatic heterocycles. The van der Waals surface area contributed by atoms with Crippen LogP contribution in [0.2, 0.25) is 0 Å². The third kappa shape index (κ3) is 3.68. The van der Waals surface area contributed by atoms with Gasteiger partial charge in [0.05, 0.1) is 13.2 Å². The molecule has 6 heteroatoms. The van der Waals surface area contributed by atoms with E-state index in [2.05, 4.69) is 0 Å². The van der Waals surface area contributed by atoms with Crippen LogP contribution in [-0.4, -0.2) is 25.1 Å². The van der Waals surface area contributed by atoms with Gasteiger partial charge in [0, 0.05) is 5.41 Å². The first-order chi connectivity index (χ1) is 6.74. The molecule has 0 aromatic carbocycles. The maximum Gasteiger partial charge on any atom is 0.475 e. The molecule has 0 bridgehead atoms. The summed E-state index contributed by atoms with van der Waals surface area (Å²) in [6.45, 7) is 7.36.